The molecule has 1 aromatic carbocycles. The van der Waals surface area contributed by atoms with Crippen molar-refractivity contribution in [3.63, 3.8) is 0 Å². The largest absolute Gasteiger partial charge is 0.491 e. The number of hydrogen-bond acceptors (Lipinski definition) is 6. The van der Waals surface area contributed by atoms with E-state index in [0.717, 1.165) is 54.7 Å². The number of aliphatic imine (C=N–C) groups is 1. The number of aliphatic hydroxyl groups is 1. The molecule has 1 aromatic rings. The van der Waals surface area contributed by atoms with Crippen molar-refractivity contribution in [3.8, 4) is 5.75 Å². The minimum absolute atomic E-state index is 0.0303. The molecule has 8 heteroatoms. The molecule has 174 valence electrons. The van der Waals surface area contributed by atoms with Gasteiger partial charge in [-0.25, -0.2) is 4.99 Å². The normalized spacial score (nSPS) is 17.6. The van der Waals surface area contributed by atoms with Gasteiger partial charge in [-0.2, -0.15) is 0 Å². The number of aryl methyl sites for hydroxylation is 1. The number of fused-ring (bicyclic) bond motifs is 2. The fourth-order valence-electron chi connectivity index (χ4n) is 4.89. The van der Waals surface area contributed by atoms with Crippen LogP contribution in [0.4, 0.5) is 5.69 Å². The first-order valence-corrected chi connectivity index (χ1v) is 11.9. The summed E-state index contributed by atoms with van der Waals surface area (Å²) in [5.74, 6) is 1.48. The first-order valence-electron chi connectivity index (χ1n) is 11.9. The van der Waals surface area contributed by atoms with Gasteiger partial charge in [-0.05, 0) is 50.7 Å². The predicted molar refractivity (Wildman–Crippen MR) is 122 cm³/mol. The third-order valence-electron chi connectivity index (χ3n) is 6.65. The number of unbranched alkanes of at least 4 members (excludes halogenated alkanes) is 2. The summed E-state index contributed by atoms with van der Waals surface area (Å²) < 4.78 is 6.04. The standard InChI is InChI=1S/C24H34N4O4/c1-17-10-11-20(23-19(17)15-27-16-21(30)25-24(27)26-23)32-14-6-2-3-9-22(31)28(12-13-29)18-7-4-5-8-18/h10-11,18,29H,2-9,12-16H2,1H3,(H,25,26,30). The van der Waals surface area contributed by atoms with E-state index < -0.39 is 0 Å². The number of amides is 2. The SMILES string of the molecule is Cc1ccc(OCCCCCC(=O)N(CCO)C2CCCC2)c2c1CN1CC(=O)NC1=N2. The summed E-state index contributed by atoms with van der Waals surface area (Å²) in [5.41, 5.74) is 3.05. The number of nitrogens with one attached hydrogen (secondary N) is 1. The van der Waals surface area contributed by atoms with E-state index in [0.29, 0.717) is 44.7 Å². The minimum atomic E-state index is -0.0308. The second-order valence-electron chi connectivity index (χ2n) is 8.96. The molecule has 0 spiro atoms. The van der Waals surface area contributed by atoms with Gasteiger partial charge >= 0.3 is 0 Å². The van der Waals surface area contributed by atoms with Crippen LogP contribution in [0.1, 0.15) is 62.5 Å². The molecule has 1 saturated heterocycles. The Labute approximate surface area is 189 Å². The highest BCUT2D eigenvalue weighted by Crippen LogP contribution is 2.38. The Morgan fingerprint density at radius 1 is 1.25 bits per heavy atom. The van der Waals surface area contributed by atoms with Crippen LogP contribution < -0.4 is 10.1 Å². The van der Waals surface area contributed by atoms with Gasteiger partial charge in [0.15, 0.2) is 0 Å². The molecule has 0 radical (unpaired) electrons. The maximum Gasteiger partial charge on any atom is 0.246 e. The molecule has 0 atom stereocenters. The van der Waals surface area contributed by atoms with Crippen molar-refractivity contribution < 1.29 is 19.4 Å². The second-order valence-corrected chi connectivity index (χ2v) is 8.96. The number of ether oxygens (including phenoxy) is 1. The van der Waals surface area contributed by atoms with E-state index in [2.05, 4.69) is 17.2 Å². The van der Waals surface area contributed by atoms with Gasteiger partial charge in [-0.3, -0.25) is 14.9 Å². The van der Waals surface area contributed by atoms with Crippen LogP contribution in [-0.2, 0) is 16.1 Å². The van der Waals surface area contributed by atoms with Crippen molar-refractivity contribution in [1.82, 2.24) is 15.1 Å². The number of rotatable bonds is 10. The molecule has 0 bridgehead atoms. The van der Waals surface area contributed by atoms with Crippen molar-refractivity contribution >= 4 is 23.5 Å². The van der Waals surface area contributed by atoms with Crippen molar-refractivity contribution in [3.05, 3.63) is 23.3 Å². The maximum atomic E-state index is 12.6. The van der Waals surface area contributed by atoms with Gasteiger partial charge in [0.05, 0.1) is 13.2 Å². The monoisotopic (exact) mass is 442 g/mol. The average Bonchev–Trinajstić information content (AvgIpc) is 3.43. The highest BCUT2D eigenvalue weighted by Gasteiger charge is 2.31. The fraction of sp³-hybridized carbons (Fsp3) is 0.625. The van der Waals surface area contributed by atoms with Crippen molar-refractivity contribution in [2.24, 2.45) is 4.99 Å². The maximum absolute atomic E-state index is 12.6. The topological polar surface area (TPSA) is 94.5 Å². The van der Waals surface area contributed by atoms with Crippen LogP contribution in [0, 0.1) is 6.92 Å². The molecular formula is C24H34N4O4. The first-order chi connectivity index (χ1) is 15.6. The lowest BCUT2D eigenvalue weighted by Crippen LogP contribution is -2.40. The lowest BCUT2D eigenvalue weighted by Gasteiger charge is -2.28. The van der Waals surface area contributed by atoms with Crippen LogP contribution in [0.25, 0.3) is 0 Å². The van der Waals surface area contributed by atoms with Crippen LogP contribution in [0.5, 0.6) is 5.75 Å². The molecule has 4 rings (SSSR count). The van der Waals surface area contributed by atoms with Gasteiger partial charge in [0.1, 0.15) is 18.0 Å². The highest BCUT2D eigenvalue weighted by atomic mass is 16.5. The molecule has 2 N–H and O–H groups in total. The van der Waals surface area contributed by atoms with E-state index in [4.69, 9.17) is 4.74 Å². The third kappa shape index (κ3) is 5.06. The summed E-state index contributed by atoms with van der Waals surface area (Å²) in [5, 5.41) is 12.1. The smallest absolute Gasteiger partial charge is 0.246 e. The molecule has 2 aliphatic heterocycles. The number of carbonyl (C=O) groups is 2. The predicted octanol–water partition coefficient (Wildman–Crippen LogP) is 2.63. The Bertz CT molecular complexity index is 879. The molecule has 2 amide bonds. The number of guanidine groups is 1. The highest BCUT2D eigenvalue weighted by molar-refractivity contribution is 6.06. The summed E-state index contributed by atoms with van der Waals surface area (Å²) in [6, 6.07) is 4.30. The van der Waals surface area contributed by atoms with Crippen molar-refractivity contribution in [2.75, 3.05) is 26.3 Å². The van der Waals surface area contributed by atoms with Gasteiger partial charge < -0.3 is 19.6 Å². The Morgan fingerprint density at radius 3 is 2.84 bits per heavy atom. The number of aliphatic hydroxyl groups excluding tert-OH is 1. The van der Waals surface area contributed by atoms with E-state index >= 15 is 0 Å². The summed E-state index contributed by atoms with van der Waals surface area (Å²) in [7, 11) is 0. The fourth-order valence-corrected chi connectivity index (χ4v) is 4.89. The molecule has 3 aliphatic rings. The Kier molecular flexibility index (Phi) is 7.29. The van der Waals surface area contributed by atoms with Crippen LogP contribution in [0.3, 0.4) is 0 Å². The van der Waals surface area contributed by atoms with Crippen LogP contribution in [0.15, 0.2) is 17.1 Å². The summed E-state index contributed by atoms with van der Waals surface area (Å²) >= 11 is 0. The van der Waals surface area contributed by atoms with Crippen LogP contribution in [0.2, 0.25) is 0 Å². The zero-order valence-electron chi connectivity index (χ0n) is 18.9. The van der Waals surface area contributed by atoms with Crippen molar-refractivity contribution in [1.29, 1.82) is 0 Å². The number of carbonyl (C=O) groups excluding carboxylic acids is 2. The van der Waals surface area contributed by atoms with Crippen LogP contribution >= 0.6 is 0 Å². The molecule has 2 fully saturated rings. The number of nitrogens with zero attached hydrogens (tertiary/aromatic N) is 3. The molecule has 8 nitrogen and oxygen atoms in total. The van der Waals surface area contributed by atoms with Gasteiger partial charge in [-0.1, -0.05) is 18.9 Å². The molecule has 0 unspecified atom stereocenters. The first kappa shape index (κ1) is 22.6. The van der Waals surface area contributed by atoms with E-state index in [1.165, 1.54) is 12.8 Å². The lowest BCUT2D eigenvalue weighted by molar-refractivity contribution is -0.134. The molecule has 1 aliphatic carbocycles. The van der Waals surface area contributed by atoms with Gasteiger partial charge in [-0.15, -0.1) is 0 Å². The molecule has 0 aromatic heterocycles. The summed E-state index contributed by atoms with van der Waals surface area (Å²) in [6.07, 6.45) is 7.60. The molecular weight excluding hydrogens is 408 g/mol. The summed E-state index contributed by atoms with van der Waals surface area (Å²) in [4.78, 5) is 32.8. The third-order valence-corrected chi connectivity index (χ3v) is 6.65. The van der Waals surface area contributed by atoms with E-state index in [1.54, 1.807) is 0 Å². The minimum Gasteiger partial charge on any atom is -0.491 e. The van der Waals surface area contributed by atoms with Crippen LogP contribution in [-0.4, -0.2) is 65.0 Å². The van der Waals surface area contributed by atoms with E-state index in [-0.39, 0.29) is 18.4 Å². The number of hydrogen-bond donors (Lipinski definition) is 2. The van der Waals surface area contributed by atoms with Crippen molar-refractivity contribution in [2.45, 2.75) is 70.9 Å². The Morgan fingerprint density at radius 2 is 2.06 bits per heavy atom. The molecule has 2 heterocycles. The Hall–Kier alpha value is -2.61. The summed E-state index contributed by atoms with van der Waals surface area (Å²) in [6.45, 7) is 4.10. The Balaban J connectivity index is 1.24. The average molecular weight is 443 g/mol. The zero-order chi connectivity index (χ0) is 22.5. The van der Waals surface area contributed by atoms with Gasteiger partial charge in [0, 0.05) is 31.1 Å². The van der Waals surface area contributed by atoms with Gasteiger partial charge in [0.2, 0.25) is 17.8 Å². The quantitative estimate of drug-likeness (QED) is 0.543. The lowest BCUT2D eigenvalue weighted by atomic mass is 10.0. The molecule has 32 heavy (non-hydrogen) atoms. The zero-order valence-corrected chi connectivity index (χ0v) is 18.9. The van der Waals surface area contributed by atoms with E-state index in [1.807, 2.05) is 21.9 Å². The number of benzene rings is 1. The molecule has 1 saturated carbocycles. The van der Waals surface area contributed by atoms with E-state index in [9.17, 15) is 14.7 Å². The second kappa shape index (κ2) is 10.3. The van der Waals surface area contributed by atoms with Gasteiger partial charge in [0.25, 0.3) is 0 Å².